The third-order valence-electron chi connectivity index (χ3n) is 4.52. The van der Waals surface area contributed by atoms with Gasteiger partial charge in [-0.3, -0.25) is 4.90 Å². The maximum Gasteiger partial charge on any atom is 0.240 e. The summed E-state index contributed by atoms with van der Waals surface area (Å²) in [4.78, 5) is 14.6. The van der Waals surface area contributed by atoms with Gasteiger partial charge in [0.05, 0.1) is 30.2 Å². The van der Waals surface area contributed by atoms with Crippen LogP contribution in [0.2, 0.25) is 0 Å². The molecule has 1 fully saturated rings. The first kappa shape index (κ1) is 16.2. The molecule has 0 radical (unpaired) electrons. The molecule has 25 heavy (non-hydrogen) atoms. The number of methoxy groups -OCH3 is 1. The van der Waals surface area contributed by atoms with Gasteiger partial charge in [0.2, 0.25) is 5.89 Å². The van der Waals surface area contributed by atoms with E-state index in [0.717, 1.165) is 36.2 Å². The van der Waals surface area contributed by atoms with Crippen LogP contribution in [0, 0.1) is 5.82 Å². The third-order valence-corrected chi connectivity index (χ3v) is 4.52. The normalized spacial score (nSPS) is 18.4. The van der Waals surface area contributed by atoms with E-state index >= 15 is 0 Å². The van der Waals surface area contributed by atoms with Gasteiger partial charge in [-0.2, -0.15) is 4.98 Å². The summed E-state index contributed by atoms with van der Waals surface area (Å²) in [6, 6.07) is 4.75. The molecule has 0 amide bonds. The van der Waals surface area contributed by atoms with E-state index in [1.54, 1.807) is 13.2 Å². The van der Waals surface area contributed by atoms with E-state index in [1.807, 2.05) is 0 Å². The minimum absolute atomic E-state index is 0.143. The number of hydrogen-bond acceptors (Lipinski definition) is 6. The van der Waals surface area contributed by atoms with Gasteiger partial charge < -0.3 is 14.2 Å². The van der Waals surface area contributed by atoms with Crippen LogP contribution >= 0.6 is 0 Å². The zero-order valence-corrected chi connectivity index (χ0v) is 14.0. The Morgan fingerprint density at radius 3 is 3.20 bits per heavy atom. The van der Waals surface area contributed by atoms with Crippen molar-refractivity contribution in [2.75, 3.05) is 20.3 Å². The molecule has 1 atom stereocenters. The minimum atomic E-state index is -0.263. The first-order valence-corrected chi connectivity index (χ1v) is 8.42. The van der Waals surface area contributed by atoms with Gasteiger partial charge in [0, 0.05) is 13.5 Å². The predicted molar refractivity (Wildman–Crippen MR) is 88.3 cm³/mol. The maximum atomic E-state index is 13.4. The number of halogens is 1. The van der Waals surface area contributed by atoms with Crippen molar-refractivity contribution in [3.8, 4) is 0 Å². The number of nitrogens with one attached hydrogen (secondary N) is 1. The molecular formula is C17H20FN5O2. The lowest BCUT2D eigenvalue weighted by Crippen LogP contribution is -2.23. The van der Waals surface area contributed by atoms with E-state index in [4.69, 9.17) is 9.26 Å². The van der Waals surface area contributed by atoms with Crippen LogP contribution in [0.4, 0.5) is 4.39 Å². The number of hydrogen-bond donors (Lipinski definition) is 1. The second kappa shape index (κ2) is 6.89. The zero-order valence-electron chi connectivity index (χ0n) is 14.0. The van der Waals surface area contributed by atoms with Gasteiger partial charge in [0.1, 0.15) is 11.6 Å². The van der Waals surface area contributed by atoms with Gasteiger partial charge >= 0.3 is 0 Å². The van der Waals surface area contributed by atoms with Crippen molar-refractivity contribution in [3.63, 3.8) is 0 Å². The Kier molecular flexibility index (Phi) is 4.46. The van der Waals surface area contributed by atoms with E-state index in [0.29, 0.717) is 31.3 Å². The molecule has 1 aromatic carbocycles. The van der Waals surface area contributed by atoms with Crippen LogP contribution in [-0.2, 0) is 17.7 Å². The Bertz CT molecular complexity index is 862. The van der Waals surface area contributed by atoms with Crippen molar-refractivity contribution < 1.29 is 13.7 Å². The average Bonchev–Trinajstić information content (AvgIpc) is 3.32. The lowest BCUT2D eigenvalue weighted by atomic mass is 10.2. The van der Waals surface area contributed by atoms with E-state index in [-0.39, 0.29) is 11.9 Å². The molecule has 3 aromatic rings. The summed E-state index contributed by atoms with van der Waals surface area (Å²) in [6.07, 6.45) is 2.70. The number of fused-ring (bicyclic) bond motifs is 1. The zero-order chi connectivity index (χ0) is 17.2. The highest BCUT2D eigenvalue weighted by Crippen LogP contribution is 2.32. The van der Waals surface area contributed by atoms with Gasteiger partial charge in [-0.15, -0.1) is 0 Å². The molecule has 4 rings (SSSR count). The molecule has 2 aromatic heterocycles. The smallest absolute Gasteiger partial charge is 0.240 e. The maximum absolute atomic E-state index is 13.4. The molecule has 0 aliphatic carbocycles. The summed E-state index contributed by atoms with van der Waals surface area (Å²) >= 11 is 0. The Hall–Kier alpha value is -2.32. The lowest BCUT2D eigenvalue weighted by molar-refractivity contribution is 0.198. The summed E-state index contributed by atoms with van der Waals surface area (Å²) in [5, 5.41) is 3.98. The molecule has 1 saturated heterocycles. The molecule has 1 N–H and O–H groups in total. The Morgan fingerprint density at radius 2 is 2.32 bits per heavy atom. The summed E-state index contributed by atoms with van der Waals surface area (Å²) in [5.41, 5.74) is 1.50. The van der Waals surface area contributed by atoms with Crippen molar-refractivity contribution in [1.29, 1.82) is 0 Å². The van der Waals surface area contributed by atoms with Gasteiger partial charge in [0.25, 0.3) is 0 Å². The number of benzene rings is 1. The van der Waals surface area contributed by atoms with Crippen LogP contribution in [0.25, 0.3) is 11.0 Å². The molecule has 1 unspecified atom stereocenters. The number of imidazole rings is 1. The van der Waals surface area contributed by atoms with Crippen LogP contribution < -0.4 is 0 Å². The molecule has 0 spiro atoms. The van der Waals surface area contributed by atoms with Crippen LogP contribution in [0.3, 0.4) is 0 Å². The molecule has 0 saturated carbocycles. The van der Waals surface area contributed by atoms with E-state index in [9.17, 15) is 4.39 Å². The topological polar surface area (TPSA) is 80.1 Å². The SMILES string of the molecule is COCCc1noc(CN2CCCC2c2nc3ccc(F)cc3[nH]2)n1. The average molecular weight is 345 g/mol. The number of rotatable bonds is 6. The fourth-order valence-corrected chi connectivity index (χ4v) is 3.31. The largest absolute Gasteiger partial charge is 0.384 e. The fourth-order valence-electron chi connectivity index (χ4n) is 3.31. The number of H-pyrrole nitrogens is 1. The van der Waals surface area contributed by atoms with Crippen molar-refractivity contribution in [2.45, 2.75) is 31.8 Å². The summed E-state index contributed by atoms with van der Waals surface area (Å²) < 4.78 is 23.8. The Morgan fingerprint density at radius 1 is 1.40 bits per heavy atom. The highest BCUT2D eigenvalue weighted by atomic mass is 19.1. The number of aromatic nitrogens is 4. The van der Waals surface area contributed by atoms with Gasteiger partial charge in [0.15, 0.2) is 5.82 Å². The molecule has 132 valence electrons. The van der Waals surface area contributed by atoms with Crippen LogP contribution in [-0.4, -0.2) is 45.3 Å². The third kappa shape index (κ3) is 3.40. The van der Waals surface area contributed by atoms with Crippen molar-refractivity contribution in [3.05, 3.63) is 41.6 Å². The number of nitrogens with zero attached hydrogens (tertiary/aromatic N) is 4. The number of aromatic amines is 1. The first-order chi connectivity index (χ1) is 12.2. The monoisotopic (exact) mass is 345 g/mol. The second-order valence-electron chi connectivity index (χ2n) is 6.26. The highest BCUT2D eigenvalue weighted by molar-refractivity contribution is 5.75. The molecule has 3 heterocycles. The number of likely N-dealkylation sites (tertiary alicyclic amines) is 1. The minimum Gasteiger partial charge on any atom is -0.384 e. The summed E-state index contributed by atoms with van der Waals surface area (Å²) in [6.45, 7) is 2.09. The summed E-state index contributed by atoms with van der Waals surface area (Å²) in [7, 11) is 1.65. The molecule has 8 heteroatoms. The van der Waals surface area contributed by atoms with Gasteiger partial charge in [-0.05, 0) is 37.6 Å². The Labute approximate surface area is 144 Å². The quantitative estimate of drug-likeness (QED) is 0.740. The van der Waals surface area contributed by atoms with Crippen molar-refractivity contribution >= 4 is 11.0 Å². The van der Waals surface area contributed by atoms with Gasteiger partial charge in [-0.25, -0.2) is 9.37 Å². The van der Waals surface area contributed by atoms with Crippen molar-refractivity contribution in [2.24, 2.45) is 0 Å². The summed E-state index contributed by atoms with van der Waals surface area (Å²) in [5.74, 6) is 1.85. The number of ether oxygens (including phenoxy) is 1. The lowest BCUT2D eigenvalue weighted by Gasteiger charge is -2.20. The van der Waals surface area contributed by atoms with E-state index in [1.165, 1.54) is 12.1 Å². The molecule has 1 aliphatic heterocycles. The standard InChI is InChI=1S/C17H20FN5O2/c1-24-8-6-15-21-16(25-22-15)10-23-7-2-3-14(23)17-19-12-5-4-11(18)9-13(12)20-17/h4-5,9,14H,2-3,6-8,10H2,1H3,(H,19,20). The van der Waals surface area contributed by atoms with Crippen LogP contribution in [0.5, 0.6) is 0 Å². The molecular weight excluding hydrogens is 325 g/mol. The predicted octanol–water partition coefficient (Wildman–Crippen LogP) is 2.61. The van der Waals surface area contributed by atoms with Gasteiger partial charge in [-0.1, -0.05) is 5.16 Å². The van der Waals surface area contributed by atoms with Crippen LogP contribution in [0.1, 0.15) is 36.4 Å². The Balaban J connectivity index is 1.50. The van der Waals surface area contributed by atoms with Crippen molar-refractivity contribution in [1.82, 2.24) is 25.0 Å². The molecule has 0 bridgehead atoms. The first-order valence-electron chi connectivity index (χ1n) is 8.42. The van der Waals surface area contributed by atoms with Crippen LogP contribution in [0.15, 0.2) is 22.7 Å². The highest BCUT2D eigenvalue weighted by Gasteiger charge is 2.30. The fraction of sp³-hybridized carbons (Fsp3) is 0.471. The molecule has 1 aliphatic rings. The molecule has 7 nitrogen and oxygen atoms in total. The second-order valence-corrected chi connectivity index (χ2v) is 6.26. The van der Waals surface area contributed by atoms with E-state index < -0.39 is 0 Å². The van der Waals surface area contributed by atoms with E-state index in [2.05, 4.69) is 25.0 Å².